The second kappa shape index (κ2) is 9.84. The van der Waals surface area contributed by atoms with Crippen LogP contribution in [0.3, 0.4) is 0 Å². The minimum absolute atomic E-state index is 0.0938. The molecule has 1 aliphatic rings. The lowest BCUT2D eigenvalue weighted by molar-refractivity contribution is -0.115. The molecule has 1 amide bonds. The smallest absolute Gasteiger partial charge is 0.243 e. The number of carbonyl (C=O) groups is 1. The van der Waals surface area contributed by atoms with Crippen LogP contribution in [0.4, 0.5) is 17.2 Å². The van der Waals surface area contributed by atoms with Gasteiger partial charge in [0, 0.05) is 37.7 Å². The van der Waals surface area contributed by atoms with Crippen LogP contribution in [-0.4, -0.2) is 48.7 Å². The lowest BCUT2D eigenvalue weighted by atomic mass is 10.2. The van der Waals surface area contributed by atoms with Crippen molar-refractivity contribution in [2.24, 2.45) is 0 Å². The third-order valence-electron chi connectivity index (χ3n) is 4.92. The van der Waals surface area contributed by atoms with Crippen molar-refractivity contribution in [3.8, 4) is 0 Å². The van der Waals surface area contributed by atoms with Crippen molar-refractivity contribution in [3.63, 3.8) is 0 Å². The van der Waals surface area contributed by atoms with Crippen LogP contribution in [-0.2, 0) is 16.1 Å². The van der Waals surface area contributed by atoms with Crippen LogP contribution in [0.1, 0.15) is 5.56 Å². The summed E-state index contributed by atoms with van der Waals surface area (Å²) >= 11 is 0. The topological polar surface area (TPSA) is 70.6 Å². The van der Waals surface area contributed by atoms with Gasteiger partial charge in [-0.1, -0.05) is 24.3 Å². The summed E-state index contributed by atoms with van der Waals surface area (Å²) in [7, 11) is 0. The summed E-state index contributed by atoms with van der Waals surface area (Å²) in [5, 5.41) is 2.96. The minimum atomic E-state index is -0.0938. The molecule has 0 unspecified atom stereocenters. The Morgan fingerprint density at radius 3 is 2.57 bits per heavy atom. The van der Waals surface area contributed by atoms with Crippen molar-refractivity contribution in [2.75, 3.05) is 48.0 Å². The van der Waals surface area contributed by atoms with Gasteiger partial charge in [-0.3, -0.25) is 9.78 Å². The molecule has 1 aliphatic heterocycles. The highest BCUT2D eigenvalue weighted by molar-refractivity contribution is 5.94. The van der Waals surface area contributed by atoms with Gasteiger partial charge in [0.25, 0.3) is 0 Å². The Morgan fingerprint density at radius 2 is 1.87 bits per heavy atom. The Bertz CT molecular complexity index is 929. The van der Waals surface area contributed by atoms with E-state index in [1.807, 2.05) is 65.7 Å². The molecule has 0 radical (unpaired) electrons. The Labute approximate surface area is 176 Å². The number of para-hydroxylation sites is 1. The second-order valence-corrected chi connectivity index (χ2v) is 7.11. The molecule has 0 bridgehead atoms. The van der Waals surface area contributed by atoms with Gasteiger partial charge in [-0.25, -0.2) is 4.98 Å². The summed E-state index contributed by atoms with van der Waals surface area (Å²) < 4.78 is 5.38. The predicted molar refractivity (Wildman–Crippen MR) is 118 cm³/mol. The first-order chi connectivity index (χ1) is 14.8. The van der Waals surface area contributed by atoms with Gasteiger partial charge < -0.3 is 19.9 Å². The molecule has 30 heavy (non-hydrogen) atoms. The molecule has 1 fully saturated rings. The second-order valence-electron chi connectivity index (χ2n) is 7.11. The normalized spacial score (nSPS) is 13.7. The summed E-state index contributed by atoms with van der Waals surface area (Å²) in [6, 6.07) is 17.7. The average molecular weight is 403 g/mol. The standard InChI is InChI=1S/C23H25N5O2/c29-23(26-20-8-9-22(25-16-20)27-11-13-30-14-12-27)18-28(21-6-2-1-3-7-21)17-19-5-4-10-24-15-19/h1-10,15-16H,11-14,17-18H2,(H,26,29). The Morgan fingerprint density at radius 1 is 1.03 bits per heavy atom. The van der Waals surface area contributed by atoms with Crippen molar-refractivity contribution >= 4 is 23.1 Å². The van der Waals surface area contributed by atoms with Crippen molar-refractivity contribution in [3.05, 3.63) is 78.8 Å². The maximum atomic E-state index is 12.7. The van der Waals surface area contributed by atoms with Crippen LogP contribution in [0.25, 0.3) is 0 Å². The molecule has 4 rings (SSSR count). The zero-order chi connectivity index (χ0) is 20.6. The summed E-state index contributed by atoms with van der Waals surface area (Å²) in [5.41, 5.74) is 2.72. The third kappa shape index (κ3) is 5.33. The van der Waals surface area contributed by atoms with Gasteiger partial charge in [0.15, 0.2) is 0 Å². The van der Waals surface area contributed by atoms with E-state index in [0.717, 1.165) is 30.2 Å². The number of nitrogens with zero attached hydrogens (tertiary/aromatic N) is 4. The van der Waals surface area contributed by atoms with Crippen molar-refractivity contribution in [1.29, 1.82) is 0 Å². The number of benzene rings is 1. The maximum absolute atomic E-state index is 12.7. The molecular weight excluding hydrogens is 378 g/mol. The van der Waals surface area contributed by atoms with Crippen LogP contribution in [0.15, 0.2) is 73.2 Å². The number of carbonyl (C=O) groups excluding carboxylic acids is 1. The quantitative estimate of drug-likeness (QED) is 0.654. The summed E-state index contributed by atoms with van der Waals surface area (Å²) in [4.78, 5) is 25.6. The first kappa shape index (κ1) is 19.8. The van der Waals surface area contributed by atoms with E-state index in [4.69, 9.17) is 4.74 Å². The van der Waals surface area contributed by atoms with Crippen LogP contribution < -0.4 is 15.1 Å². The molecule has 2 aromatic heterocycles. The van der Waals surface area contributed by atoms with Crippen LogP contribution in [0.5, 0.6) is 0 Å². The highest BCUT2D eigenvalue weighted by atomic mass is 16.5. The van der Waals surface area contributed by atoms with Crippen molar-refractivity contribution in [1.82, 2.24) is 9.97 Å². The zero-order valence-corrected chi connectivity index (χ0v) is 16.8. The molecule has 1 aromatic carbocycles. The lowest BCUT2D eigenvalue weighted by Crippen LogP contribution is -2.36. The van der Waals surface area contributed by atoms with Crippen LogP contribution in [0, 0.1) is 0 Å². The molecule has 154 valence electrons. The monoisotopic (exact) mass is 403 g/mol. The zero-order valence-electron chi connectivity index (χ0n) is 16.8. The van der Waals surface area contributed by atoms with E-state index >= 15 is 0 Å². The lowest BCUT2D eigenvalue weighted by Gasteiger charge is -2.27. The fourth-order valence-corrected chi connectivity index (χ4v) is 3.40. The van der Waals surface area contributed by atoms with E-state index < -0.39 is 0 Å². The highest BCUT2D eigenvalue weighted by Crippen LogP contribution is 2.18. The van der Waals surface area contributed by atoms with E-state index in [1.54, 1.807) is 12.4 Å². The number of anilines is 3. The third-order valence-corrected chi connectivity index (χ3v) is 4.92. The predicted octanol–water partition coefficient (Wildman–Crippen LogP) is 2.96. The fraction of sp³-hybridized carbons (Fsp3) is 0.261. The van der Waals surface area contributed by atoms with Crippen molar-refractivity contribution < 1.29 is 9.53 Å². The Kier molecular flexibility index (Phi) is 6.51. The van der Waals surface area contributed by atoms with Gasteiger partial charge in [0.2, 0.25) is 5.91 Å². The van der Waals surface area contributed by atoms with E-state index in [-0.39, 0.29) is 12.5 Å². The highest BCUT2D eigenvalue weighted by Gasteiger charge is 2.14. The number of morpholine rings is 1. The summed E-state index contributed by atoms with van der Waals surface area (Å²) in [6.07, 6.45) is 5.27. The molecule has 0 aliphatic carbocycles. The number of amides is 1. The molecule has 7 nitrogen and oxygen atoms in total. The van der Waals surface area contributed by atoms with E-state index in [0.29, 0.717) is 25.4 Å². The largest absolute Gasteiger partial charge is 0.378 e. The number of ether oxygens (including phenoxy) is 1. The number of pyridine rings is 2. The van der Waals surface area contributed by atoms with Gasteiger partial charge in [-0.2, -0.15) is 0 Å². The molecule has 1 N–H and O–H groups in total. The summed E-state index contributed by atoms with van der Waals surface area (Å²) in [5.74, 6) is 0.808. The molecular formula is C23H25N5O2. The molecule has 7 heteroatoms. The molecule has 3 heterocycles. The van der Waals surface area contributed by atoms with Crippen molar-refractivity contribution in [2.45, 2.75) is 6.54 Å². The number of nitrogens with one attached hydrogen (secondary N) is 1. The minimum Gasteiger partial charge on any atom is -0.378 e. The summed E-state index contributed by atoms with van der Waals surface area (Å²) in [6.45, 7) is 3.92. The van der Waals surface area contributed by atoms with Gasteiger partial charge in [0.05, 0.1) is 31.6 Å². The number of hydrogen-bond acceptors (Lipinski definition) is 6. The first-order valence-corrected chi connectivity index (χ1v) is 10.1. The first-order valence-electron chi connectivity index (χ1n) is 10.1. The number of aromatic nitrogens is 2. The van der Waals surface area contributed by atoms with Gasteiger partial charge in [0.1, 0.15) is 5.82 Å². The molecule has 3 aromatic rings. The van der Waals surface area contributed by atoms with E-state index in [1.165, 1.54) is 0 Å². The molecule has 1 saturated heterocycles. The van der Waals surface area contributed by atoms with E-state index in [9.17, 15) is 4.79 Å². The SMILES string of the molecule is O=C(CN(Cc1cccnc1)c1ccccc1)Nc1ccc(N2CCOCC2)nc1. The molecule has 0 spiro atoms. The Balaban J connectivity index is 1.41. The number of rotatable bonds is 7. The van der Waals surface area contributed by atoms with Gasteiger partial charge >= 0.3 is 0 Å². The fourth-order valence-electron chi connectivity index (χ4n) is 3.40. The molecule has 0 saturated carbocycles. The van der Waals surface area contributed by atoms with Gasteiger partial charge in [-0.15, -0.1) is 0 Å². The molecule has 0 atom stereocenters. The van der Waals surface area contributed by atoms with Crippen LogP contribution >= 0.6 is 0 Å². The Hall–Kier alpha value is -3.45. The van der Waals surface area contributed by atoms with E-state index in [2.05, 4.69) is 20.2 Å². The average Bonchev–Trinajstić information content (AvgIpc) is 2.81. The van der Waals surface area contributed by atoms with Crippen LogP contribution in [0.2, 0.25) is 0 Å². The maximum Gasteiger partial charge on any atom is 0.243 e. The number of hydrogen-bond donors (Lipinski definition) is 1. The van der Waals surface area contributed by atoms with Gasteiger partial charge in [-0.05, 0) is 35.9 Å².